The van der Waals surface area contributed by atoms with Gasteiger partial charge in [0.25, 0.3) is 0 Å². The summed E-state index contributed by atoms with van der Waals surface area (Å²) in [5.41, 5.74) is 12.5. The molecule has 2 amide bonds. The molecule has 6 rings (SSSR count). The summed E-state index contributed by atoms with van der Waals surface area (Å²) in [7, 11) is 2.18. The van der Waals surface area contributed by atoms with Gasteiger partial charge in [-0.15, -0.1) is 11.8 Å². The summed E-state index contributed by atoms with van der Waals surface area (Å²) in [5.74, 6) is 0.729. The van der Waals surface area contributed by atoms with Crippen LogP contribution in [-0.2, 0) is 25.2 Å². The van der Waals surface area contributed by atoms with Gasteiger partial charge in [0, 0.05) is 86.6 Å². The number of nitrogens with two attached hydrogens (primary N) is 1. The molecule has 80 heavy (non-hydrogen) atoms. The van der Waals surface area contributed by atoms with E-state index in [1.807, 2.05) is 6.92 Å². The molecule has 4 aromatic rings. The van der Waals surface area contributed by atoms with Gasteiger partial charge in [0.2, 0.25) is 23.0 Å². The first-order valence-electron chi connectivity index (χ1n) is 30.3. The summed E-state index contributed by atoms with van der Waals surface area (Å²) in [5, 5.41) is 7.59. The van der Waals surface area contributed by atoms with Crippen LogP contribution in [0.5, 0.6) is 0 Å². The highest BCUT2D eigenvalue weighted by atomic mass is 32.2. The number of ketones is 1. The standard InChI is InChI=1S/C69H93N5O3S3/c1-9-10-11-12-13-14-15-16-20-33-50-79-66(78)80-59(65(70)77)51-69(6,71-7)47-46-62(76)72-48-31-19-17-18-23-36-54(75)37-24-22-32-49-74-58-45-43-53-35-28-30-39-56(53)64(58)68(4,5)61(74)41-26-21-25-40-60-67(2,3)63-55-38-29-27-34-52(55)42-44-57(63)73(60)8/h21,25-30,34-35,38-45,59H,9-20,22-24,31-33,36-37,46-51H2,1-6,8H3,(H2-,70,72,76,77)/p+1. The van der Waals surface area contributed by atoms with Crippen molar-refractivity contribution in [3.8, 4) is 0 Å². The molecule has 0 bridgehead atoms. The Morgan fingerprint density at radius 1 is 0.738 bits per heavy atom. The van der Waals surface area contributed by atoms with E-state index in [0.717, 1.165) is 70.1 Å². The summed E-state index contributed by atoms with van der Waals surface area (Å²) in [6.45, 7) is 22.8. The van der Waals surface area contributed by atoms with Crippen LogP contribution in [0.25, 0.3) is 26.4 Å². The number of unbranched alkanes of at least 4 members (excludes halogenated alkanes) is 15. The van der Waals surface area contributed by atoms with Crippen molar-refractivity contribution in [2.45, 2.75) is 211 Å². The van der Waals surface area contributed by atoms with Crippen molar-refractivity contribution in [1.82, 2.24) is 5.32 Å². The van der Waals surface area contributed by atoms with Crippen molar-refractivity contribution in [1.29, 1.82) is 0 Å². The Labute approximate surface area is 495 Å². The van der Waals surface area contributed by atoms with Crippen LogP contribution < -0.4 is 16.0 Å². The first-order valence-corrected chi connectivity index (χ1v) is 32.6. The molecular weight excluding hydrogens is 1040 g/mol. The van der Waals surface area contributed by atoms with Gasteiger partial charge in [0.15, 0.2) is 5.71 Å². The Hall–Kier alpha value is -5.02. The van der Waals surface area contributed by atoms with Gasteiger partial charge in [-0.3, -0.25) is 14.4 Å². The molecular formula is C69H94N5O3S3+. The highest BCUT2D eigenvalue weighted by molar-refractivity contribution is 8.47. The van der Waals surface area contributed by atoms with Crippen LogP contribution in [0.3, 0.4) is 0 Å². The van der Waals surface area contributed by atoms with Gasteiger partial charge in [-0.05, 0) is 97.0 Å². The number of amides is 2. The number of fused-ring (bicyclic) bond motifs is 6. The molecule has 0 fully saturated rings. The van der Waals surface area contributed by atoms with Crippen molar-refractivity contribution < 1.29 is 19.0 Å². The predicted octanol–water partition coefficient (Wildman–Crippen LogP) is 17.8. The molecule has 0 aliphatic carbocycles. The fourth-order valence-corrected chi connectivity index (χ4v) is 14.9. The van der Waals surface area contributed by atoms with Gasteiger partial charge in [-0.25, -0.2) is 6.57 Å². The number of rotatable bonds is 35. The lowest BCUT2D eigenvalue weighted by molar-refractivity contribution is -0.401. The molecule has 2 atom stereocenters. The molecule has 2 heterocycles. The second kappa shape index (κ2) is 32.0. The van der Waals surface area contributed by atoms with E-state index < -0.39 is 16.7 Å². The third-order valence-electron chi connectivity index (χ3n) is 16.7. The zero-order chi connectivity index (χ0) is 57.5. The summed E-state index contributed by atoms with van der Waals surface area (Å²) in [6, 6.07) is 26.5. The topological polar surface area (TPSA) is 99.9 Å². The number of thiocarbonyl (C=S) groups is 1. The zero-order valence-corrected chi connectivity index (χ0v) is 52.1. The van der Waals surface area contributed by atoms with Crippen LogP contribution in [0.2, 0.25) is 0 Å². The van der Waals surface area contributed by atoms with Gasteiger partial charge in [-0.1, -0.05) is 201 Å². The molecule has 3 N–H and O–H groups in total. The number of anilines is 1. The van der Waals surface area contributed by atoms with E-state index in [-0.39, 0.29) is 29.6 Å². The van der Waals surface area contributed by atoms with Crippen molar-refractivity contribution in [2.24, 2.45) is 5.73 Å². The normalized spacial score (nSPS) is 16.2. The molecule has 2 aliphatic rings. The van der Waals surface area contributed by atoms with Crippen LogP contribution in [0.15, 0.2) is 109 Å². The summed E-state index contributed by atoms with van der Waals surface area (Å²) < 4.78 is 3.04. The molecule has 2 unspecified atom stereocenters. The zero-order valence-electron chi connectivity index (χ0n) is 49.6. The maximum absolute atomic E-state index is 13.0. The summed E-state index contributed by atoms with van der Waals surface area (Å²) in [4.78, 5) is 44.6. The van der Waals surface area contributed by atoms with Gasteiger partial charge in [0.05, 0.1) is 10.7 Å². The molecule has 0 saturated heterocycles. The number of nitrogens with zero attached hydrogens (tertiary/aromatic N) is 3. The first kappa shape index (κ1) is 64.2. The van der Waals surface area contributed by atoms with Gasteiger partial charge in [0.1, 0.15) is 16.4 Å². The van der Waals surface area contributed by atoms with Gasteiger partial charge in [-0.2, -0.15) is 4.58 Å². The fourth-order valence-electron chi connectivity index (χ4n) is 12.1. The van der Waals surface area contributed by atoms with E-state index in [9.17, 15) is 14.4 Å². The third-order valence-corrected chi connectivity index (χ3v) is 19.6. The number of allylic oxidation sites excluding steroid dienone is 6. The highest BCUT2D eigenvalue weighted by Gasteiger charge is 2.44. The van der Waals surface area contributed by atoms with Crippen molar-refractivity contribution in [3.05, 3.63) is 131 Å². The van der Waals surface area contributed by atoms with E-state index >= 15 is 0 Å². The lowest BCUT2D eigenvalue weighted by Crippen LogP contribution is -2.35. The number of carbonyl (C=O) groups excluding carboxylic acids is 3. The average Bonchev–Trinajstić information content (AvgIpc) is 4.03. The minimum Gasteiger partial charge on any atom is -0.369 e. The molecule has 4 aromatic carbocycles. The van der Waals surface area contributed by atoms with E-state index in [4.69, 9.17) is 24.5 Å². The Kier molecular flexibility index (Phi) is 25.7. The molecule has 0 saturated carbocycles. The Morgan fingerprint density at radius 2 is 1.32 bits per heavy atom. The number of hydrogen-bond donors (Lipinski definition) is 2. The summed E-state index contributed by atoms with van der Waals surface area (Å²) >= 11 is 8.51. The number of thioether (sulfide) groups is 2. The monoisotopic (exact) mass is 1140 g/mol. The van der Waals surface area contributed by atoms with Crippen molar-refractivity contribution >= 4 is 95.5 Å². The smallest absolute Gasteiger partial charge is 0.232 e. The minimum atomic E-state index is -0.888. The third kappa shape index (κ3) is 18.0. The number of benzene rings is 4. The van der Waals surface area contributed by atoms with Gasteiger partial charge >= 0.3 is 0 Å². The largest absolute Gasteiger partial charge is 0.369 e. The second-order valence-electron chi connectivity index (χ2n) is 23.8. The SMILES string of the molecule is [C-]#[N+]C(C)(CCC(=O)NCCCCCCCC(=O)CCCCCN1C(=CC=CC=CC2=[N+](C)c3ccc4ccccc4c3C2(C)C)C(C)(C)c2c1ccc1ccccc21)CC(SC(=S)SCCCCCCCCCCCC)C(N)=O. The van der Waals surface area contributed by atoms with Crippen LogP contribution in [0.4, 0.5) is 11.4 Å². The molecule has 8 nitrogen and oxygen atoms in total. The Morgan fingerprint density at radius 3 is 1.98 bits per heavy atom. The van der Waals surface area contributed by atoms with Crippen LogP contribution in [0.1, 0.15) is 200 Å². The lowest BCUT2D eigenvalue weighted by atomic mass is 9.79. The van der Waals surface area contributed by atoms with E-state index in [1.165, 1.54) is 125 Å². The minimum absolute atomic E-state index is 0.0793. The van der Waals surface area contributed by atoms with Gasteiger partial charge < -0.3 is 20.8 Å². The maximum Gasteiger partial charge on any atom is 0.232 e. The molecule has 11 heteroatoms. The average molecular weight is 1140 g/mol. The van der Waals surface area contributed by atoms with Crippen LogP contribution in [-0.4, -0.2) is 68.1 Å². The lowest BCUT2D eigenvalue weighted by Gasteiger charge is -2.27. The molecule has 430 valence electrons. The Balaban J connectivity index is 0.859. The molecule has 0 radical (unpaired) electrons. The number of Topliss-reactive ketones (excluding diaryl/α,β-unsaturated/α-hetero) is 1. The summed E-state index contributed by atoms with van der Waals surface area (Å²) in [6.07, 6.45) is 33.8. The highest BCUT2D eigenvalue weighted by Crippen LogP contribution is 2.51. The van der Waals surface area contributed by atoms with E-state index in [1.54, 1.807) is 11.8 Å². The number of primary amides is 1. The number of carbonyl (C=O) groups is 3. The number of hydrogen-bond acceptors (Lipinski definition) is 7. The van der Waals surface area contributed by atoms with Crippen LogP contribution >= 0.6 is 35.7 Å². The molecule has 0 aromatic heterocycles. The predicted molar refractivity (Wildman–Crippen MR) is 349 cm³/mol. The van der Waals surface area contributed by atoms with E-state index in [2.05, 4.69) is 164 Å². The fraction of sp³-hybridized carbons (Fsp3) is 0.536. The molecule has 2 aliphatic heterocycles. The maximum atomic E-state index is 13.0. The Bertz CT molecular complexity index is 2910. The number of nitrogens with one attached hydrogen (secondary N) is 1. The quantitative estimate of drug-likeness (QED) is 0.0156. The van der Waals surface area contributed by atoms with Crippen molar-refractivity contribution in [2.75, 3.05) is 30.8 Å². The first-order chi connectivity index (χ1) is 38.5. The van der Waals surface area contributed by atoms with Crippen molar-refractivity contribution in [3.63, 3.8) is 0 Å². The van der Waals surface area contributed by atoms with Crippen LogP contribution in [0, 0.1) is 6.57 Å². The van der Waals surface area contributed by atoms with E-state index in [0.29, 0.717) is 35.1 Å². The molecule has 0 spiro atoms. The second-order valence-corrected chi connectivity index (χ2v) is 27.3.